The Bertz CT molecular complexity index is 1360. The smallest absolute Gasteiger partial charge is 0.251 e. The maximum atomic E-state index is 13.2. The van der Waals surface area contributed by atoms with Gasteiger partial charge in [-0.1, -0.05) is 61.0 Å². The first-order chi connectivity index (χ1) is 20.9. The number of amides is 2. The van der Waals surface area contributed by atoms with Crippen LogP contribution in [0.5, 0.6) is 0 Å². The van der Waals surface area contributed by atoms with Crippen molar-refractivity contribution in [3.63, 3.8) is 0 Å². The molecule has 8 heteroatoms. The van der Waals surface area contributed by atoms with Crippen LogP contribution < -0.4 is 10.6 Å². The van der Waals surface area contributed by atoms with E-state index in [0.717, 1.165) is 56.1 Å². The van der Waals surface area contributed by atoms with Gasteiger partial charge in [0.1, 0.15) is 6.23 Å². The maximum Gasteiger partial charge on any atom is 0.251 e. The van der Waals surface area contributed by atoms with E-state index in [-0.39, 0.29) is 23.9 Å². The van der Waals surface area contributed by atoms with Crippen molar-refractivity contribution >= 4 is 34.2 Å². The lowest BCUT2D eigenvalue weighted by atomic mass is 9.95. The summed E-state index contributed by atoms with van der Waals surface area (Å²) < 4.78 is 0. The van der Waals surface area contributed by atoms with E-state index in [1.54, 1.807) is 0 Å². The summed E-state index contributed by atoms with van der Waals surface area (Å²) in [6, 6.07) is 21.4. The molecule has 0 aliphatic carbocycles. The van der Waals surface area contributed by atoms with E-state index in [4.69, 9.17) is 11.6 Å². The third-order valence-corrected chi connectivity index (χ3v) is 9.35. The molecule has 2 fully saturated rings. The number of aliphatic hydroxyl groups excluding tert-OH is 1. The highest BCUT2D eigenvalue weighted by Gasteiger charge is 2.33. The number of likely N-dealkylation sites (tertiary alicyclic amines) is 1. The Labute approximate surface area is 260 Å². The number of hydrogen-bond donors (Lipinski definition) is 3. The van der Waals surface area contributed by atoms with Crippen molar-refractivity contribution in [2.75, 3.05) is 32.7 Å². The van der Waals surface area contributed by atoms with Crippen molar-refractivity contribution in [1.29, 1.82) is 0 Å². The van der Waals surface area contributed by atoms with Crippen LogP contribution in [0.4, 0.5) is 0 Å². The van der Waals surface area contributed by atoms with Crippen LogP contribution in [-0.4, -0.2) is 77.8 Å². The molecule has 2 amide bonds. The second-order valence-electron chi connectivity index (χ2n) is 12.1. The van der Waals surface area contributed by atoms with Gasteiger partial charge in [-0.3, -0.25) is 14.5 Å². The number of benzene rings is 3. The molecule has 43 heavy (non-hydrogen) atoms. The first-order valence-electron chi connectivity index (χ1n) is 15.9. The predicted octanol–water partition coefficient (Wildman–Crippen LogP) is 5.56. The van der Waals surface area contributed by atoms with E-state index < -0.39 is 6.23 Å². The number of fused-ring (bicyclic) bond motifs is 1. The van der Waals surface area contributed by atoms with Crippen LogP contribution >= 0.6 is 11.6 Å². The van der Waals surface area contributed by atoms with E-state index in [2.05, 4.69) is 46.7 Å². The van der Waals surface area contributed by atoms with Crippen LogP contribution in [0.15, 0.2) is 66.7 Å². The number of halogens is 1. The zero-order valence-electron chi connectivity index (χ0n) is 25.2. The number of carbonyl (C=O) groups excluding carboxylic acids is 2. The van der Waals surface area contributed by atoms with E-state index in [1.165, 1.54) is 12.0 Å². The number of piperidine rings is 1. The number of rotatable bonds is 10. The van der Waals surface area contributed by atoms with Gasteiger partial charge in [0.25, 0.3) is 5.91 Å². The molecule has 2 saturated heterocycles. The van der Waals surface area contributed by atoms with Crippen molar-refractivity contribution in [2.24, 2.45) is 0 Å². The molecule has 0 spiro atoms. The molecule has 2 aliphatic rings. The second-order valence-corrected chi connectivity index (χ2v) is 12.5. The van der Waals surface area contributed by atoms with Gasteiger partial charge < -0.3 is 20.6 Å². The van der Waals surface area contributed by atoms with Crippen molar-refractivity contribution in [1.82, 2.24) is 20.4 Å². The maximum absolute atomic E-state index is 13.2. The van der Waals surface area contributed by atoms with Gasteiger partial charge in [-0.2, -0.15) is 0 Å². The predicted molar refractivity (Wildman–Crippen MR) is 173 cm³/mol. The number of nitrogens with one attached hydrogen (secondary N) is 2. The first kappa shape index (κ1) is 31.5. The largest absolute Gasteiger partial charge is 0.377 e. The lowest BCUT2D eigenvalue weighted by Gasteiger charge is -2.34. The standard InChI is InChI=1S/C35H45ClN4O3/c1-2-25(26-9-5-3-6-10-26)24-40-20-17-31(38-32(35(40)43)15-16-33(41)39-18-7-4-8-19-39)23-37-34(42)29-12-11-28-22-30(36)14-13-27(28)21-29/h3,5-6,9-14,21-22,25,31-32,35,38,43H,2,4,7-8,15-20,23-24H2,1H3,(H,37,42)/t25-,31+,32+,35?/m1/s1. The molecule has 2 heterocycles. The summed E-state index contributed by atoms with van der Waals surface area (Å²) in [5, 5.41) is 21.0. The zero-order valence-corrected chi connectivity index (χ0v) is 25.9. The molecule has 2 aliphatic heterocycles. The highest BCUT2D eigenvalue weighted by molar-refractivity contribution is 6.31. The summed E-state index contributed by atoms with van der Waals surface area (Å²) >= 11 is 6.12. The Kier molecular flexibility index (Phi) is 11.1. The quantitative estimate of drug-likeness (QED) is 0.282. The lowest BCUT2D eigenvalue weighted by Crippen LogP contribution is -2.52. The van der Waals surface area contributed by atoms with E-state index in [9.17, 15) is 14.7 Å². The monoisotopic (exact) mass is 604 g/mol. The topological polar surface area (TPSA) is 84.9 Å². The molecular weight excluding hydrogens is 560 g/mol. The van der Waals surface area contributed by atoms with Gasteiger partial charge in [0, 0.05) is 61.8 Å². The van der Waals surface area contributed by atoms with Gasteiger partial charge in [0.2, 0.25) is 5.91 Å². The van der Waals surface area contributed by atoms with Crippen molar-refractivity contribution in [3.8, 4) is 0 Å². The molecule has 7 nitrogen and oxygen atoms in total. The highest BCUT2D eigenvalue weighted by Crippen LogP contribution is 2.25. The molecule has 4 atom stereocenters. The molecule has 0 aromatic heterocycles. The summed E-state index contributed by atoms with van der Waals surface area (Å²) in [6.45, 7) is 5.72. The number of nitrogens with zero attached hydrogens (tertiary/aromatic N) is 2. The molecule has 1 unspecified atom stereocenters. The summed E-state index contributed by atoms with van der Waals surface area (Å²) in [5.74, 6) is 0.334. The Morgan fingerprint density at radius 3 is 2.51 bits per heavy atom. The SMILES string of the molecule is CC[C@H](CN1CC[C@@H](CNC(=O)c2ccc3cc(Cl)ccc3c2)N[C@@H](CCC(=O)N2CCCCC2)C1O)c1ccccc1. The average molecular weight is 605 g/mol. The fourth-order valence-electron chi connectivity index (χ4n) is 6.51. The number of hydrogen-bond acceptors (Lipinski definition) is 5. The van der Waals surface area contributed by atoms with E-state index >= 15 is 0 Å². The third-order valence-electron chi connectivity index (χ3n) is 9.12. The normalized spacial score (nSPS) is 22.2. The molecular formula is C35H45ClN4O3. The van der Waals surface area contributed by atoms with Gasteiger partial charge in [0.15, 0.2) is 0 Å². The molecule has 5 rings (SSSR count). The lowest BCUT2D eigenvalue weighted by molar-refractivity contribution is -0.132. The minimum atomic E-state index is -0.722. The summed E-state index contributed by atoms with van der Waals surface area (Å²) in [6.07, 6.45) is 5.28. The fraction of sp³-hybridized carbons (Fsp3) is 0.486. The van der Waals surface area contributed by atoms with E-state index in [1.807, 2.05) is 47.4 Å². The van der Waals surface area contributed by atoms with Gasteiger partial charge in [-0.15, -0.1) is 0 Å². The minimum absolute atomic E-state index is 0.0326. The minimum Gasteiger partial charge on any atom is -0.377 e. The highest BCUT2D eigenvalue weighted by atomic mass is 35.5. The summed E-state index contributed by atoms with van der Waals surface area (Å²) in [4.78, 5) is 30.3. The van der Waals surface area contributed by atoms with Crippen LogP contribution in [0, 0.1) is 0 Å². The Balaban J connectivity index is 1.26. The molecule has 3 N–H and O–H groups in total. The number of aliphatic hydroxyl groups is 1. The third kappa shape index (κ3) is 8.36. The molecule has 3 aromatic carbocycles. The van der Waals surface area contributed by atoms with Crippen molar-refractivity contribution < 1.29 is 14.7 Å². The van der Waals surface area contributed by atoms with Gasteiger partial charge in [-0.25, -0.2) is 0 Å². The van der Waals surface area contributed by atoms with Gasteiger partial charge in [0.05, 0.1) is 0 Å². The fourth-order valence-corrected chi connectivity index (χ4v) is 6.69. The molecule has 0 radical (unpaired) electrons. The summed E-state index contributed by atoms with van der Waals surface area (Å²) in [5.41, 5.74) is 1.87. The van der Waals surface area contributed by atoms with Crippen LogP contribution in [0.1, 0.15) is 73.7 Å². The second kappa shape index (κ2) is 15.2. The van der Waals surface area contributed by atoms with Crippen molar-refractivity contribution in [2.45, 2.75) is 76.1 Å². The summed E-state index contributed by atoms with van der Waals surface area (Å²) in [7, 11) is 0. The molecule has 0 saturated carbocycles. The molecule has 0 bridgehead atoms. The Morgan fingerprint density at radius 1 is 1.00 bits per heavy atom. The van der Waals surface area contributed by atoms with Crippen LogP contribution in [0.3, 0.4) is 0 Å². The van der Waals surface area contributed by atoms with E-state index in [0.29, 0.717) is 42.4 Å². The zero-order chi connectivity index (χ0) is 30.2. The Hall–Kier alpha value is -2.97. The molecule has 3 aromatic rings. The van der Waals surface area contributed by atoms with Gasteiger partial charge >= 0.3 is 0 Å². The van der Waals surface area contributed by atoms with Crippen LogP contribution in [0.25, 0.3) is 10.8 Å². The first-order valence-corrected chi connectivity index (χ1v) is 16.3. The van der Waals surface area contributed by atoms with Crippen LogP contribution in [-0.2, 0) is 4.79 Å². The number of carbonyl (C=O) groups is 2. The van der Waals surface area contributed by atoms with Gasteiger partial charge in [-0.05, 0) is 85.0 Å². The Morgan fingerprint density at radius 2 is 1.74 bits per heavy atom. The molecule has 230 valence electrons. The van der Waals surface area contributed by atoms with Crippen molar-refractivity contribution in [3.05, 3.63) is 82.9 Å². The van der Waals surface area contributed by atoms with Crippen LogP contribution in [0.2, 0.25) is 5.02 Å². The average Bonchev–Trinajstić information content (AvgIpc) is 3.19.